The summed E-state index contributed by atoms with van der Waals surface area (Å²) < 4.78 is 79.1. The third kappa shape index (κ3) is 4.46. The lowest BCUT2D eigenvalue weighted by atomic mass is 9.90. The second-order valence-electron chi connectivity index (χ2n) is 7.54. The number of rotatable bonds is 3. The van der Waals surface area contributed by atoms with Crippen LogP contribution < -0.4 is 4.90 Å². The van der Waals surface area contributed by atoms with Crippen molar-refractivity contribution in [3.8, 4) is 0 Å². The van der Waals surface area contributed by atoms with E-state index in [2.05, 4.69) is 9.72 Å². The van der Waals surface area contributed by atoms with Crippen LogP contribution in [0.4, 0.5) is 37.0 Å². The molecular weight excluding hydrogens is 420 g/mol. The number of pyridine rings is 1. The molecule has 0 unspecified atom stereocenters. The van der Waals surface area contributed by atoms with Gasteiger partial charge < -0.3 is 9.64 Å². The molecule has 1 aliphatic heterocycles. The summed E-state index contributed by atoms with van der Waals surface area (Å²) in [4.78, 5) is 30.9. The molecule has 2 fully saturated rings. The number of likely N-dealkylation sites (tertiary alicyclic amines) is 1. The normalized spacial score (nSPS) is 20.9. The molecule has 1 aromatic heterocycles. The third-order valence-electron chi connectivity index (χ3n) is 5.64. The Balaban J connectivity index is 1.56. The third-order valence-corrected chi connectivity index (χ3v) is 5.64. The van der Waals surface area contributed by atoms with E-state index in [1.54, 1.807) is 31.4 Å². The molecule has 166 valence electrons. The smallest absolute Gasteiger partial charge is 0.426 e. The summed E-state index contributed by atoms with van der Waals surface area (Å²) in [5.41, 5.74) is -0.412. The van der Waals surface area contributed by atoms with E-state index in [0.717, 1.165) is 4.90 Å². The van der Waals surface area contributed by atoms with E-state index in [0.29, 0.717) is 12.2 Å². The molecule has 30 heavy (non-hydrogen) atoms. The molecule has 1 aromatic rings. The van der Waals surface area contributed by atoms with Crippen LogP contribution >= 0.6 is 0 Å². The fraction of sp³-hybridized carbons (Fsp3) is 0.611. The van der Waals surface area contributed by atoms with Crippen molar-refractivity contribution >= 4 is 17.8 Å². The van der Waals surface area contributed by atoms with Crippen molar-refractivity contribution < 1.29 is 40.7 Å². The van der Waals surface area contributed by atoms with Crippen molar-refractivity contribution in [2.45, 2.75) is 37.7 Å². The van der Waals surface area contributed by atoms with Crippen molar-refractivity contribution in [1.82, 2.24) is 9.88 Å². The quantitative estimate of drug-likeness (QED) is 0.673. The fourth-order valence-corrected chi connectivity index (χ4v) is 3.78. The highest BCUT2D eigenvalue weighted by molar-refractivity contribution is 5.96. The van der Waals surface area contributed by atoms with E-state index in [-0.39, 0.29) is 37.8 Å². The lowest BCUT2D eigenvalue weighted by Crippen LogP contribution is -2.49. The predicted molar refractivity (Wildman–Crippen MR) is 91.4 cm³/mol. The van der Waals surface area contributed by atoms with E-state index >= 15 is 0 Å². The van der Waals surface area contributed by atoms with E-state index in [1.165, 1.54) is 4.90 Å². The van der Waals surface area contributed by atoms with Crippen molar-refractivity contribution in [1.29, 1.82) is 0 Å². The molecule has 1 saturated heterocycles. The molecule has 0 aromatic carbocycles. The maximum Gasteiger partial charge on any atom is 0.434 e. The number of piperidine rings is 1. The molecule has 1 saturated carbocycles. The van der Waals surface area contributed by atoms with Crippen LogP contribution in [0.15, 0.2) is 24.4 Å². The first-order chi connectivity index (χ1) is 13.8. The van der Waals surface area contributed by atoms with Crippen LogP contribution in [0.25, 0.3) is 0 Å². The number of halogens is 6. The summed E-state index contributed by atoms with van der Waals surface area (Å²) in [5.74, 6) is -0.0318. The van der Waals surface area contributed by atoms with E-state index in [9.17, 15) is 35.9 Å². The zero-order valence-electron chi connectivity index (χ0n) is 15.8. The van der Waals surface area contributed by atoms with Crippen LogP contribution in [0.3, 0.4) is 0 Å². The van der Waals surface area contributed by atoms with Crippen LogP contribution in [-0.4, -0.2) is 60.5 Å². The van der Waals surface area contributed by atoms with Gasteiger partial charge in [-0.1, -0.05) is 6.07 Å². The molecule has 0 bridgehead atoms. The van der Waals surface area contributed by atoms with E-state index in [4.69, 9.17) is 0 Å². The number of amides is 2. The van der Waals surface area contributed by atoms with Gasteiger partial charge in [0.1, 0.15) is 5.82 Å². The number of ether oxygens (including phenoxy) is 1. The highest BCUT2D eigenvalue weighted by atomic mass is 19.4. The Hall–Kier alpha value is -2.53. The first kappa shape index (κ1) is 22.2. The zero-order valence-corrected chi connectivity index (χ0v) is 15.8. The molecule has 2 amide bonds. The lowest BCUT2D eigenvalue weighted by molar-refractivity contribution is -0.308. The predicted octanol–water partition coefficient (Wildman–Crippen LogP) is 3.78. The van der Waals surface area contributed by atoms with Crippen molar-refractivity contribution in [3.63, 3.8) is 0 Å². The Morgan fingerprint density at radius 3 is 2.27 bits per heavy atom. The standard InChI is InChI=1S/C18H19F6N3O3/c1-26(12-4-2-3-7-25-12)13(28)11-10-16(11)5-8-27(9-6-16)15(29)30-14(17(19,20)21)18(22,23)24/h2-4,7,11,14H,5-6,8-10H2,1H3/t11-/m0/s1. The highest BCUT2D eigenvalue weighted by Gasteiger charge is 2.62. The molecule has 2 heterocycles. The minimum atomic E-state index is -5.75. The minimum Gasteiger partial charge on any atom is -0.426 e. The molecule has 1 spiro atoms. The maximum atomic E-state index is 12.7. The maximum absolute atomic E-state index is 12.7. The van der Waals surface area contributed by atoms with Gasteiger partial charge in [-0.3, -0.25) is 9.69 Å². The number of hydrogen-bond donors (Lipinski definition) is 0. The van der Waals surface area contributed by atoms with Crippen LogP contribution in [-0.2, 0) is 9.53 Å². The SMILES string of the molecule is CN(C(=O)[C@@H]1CC12CCN(C(=O)OC(C(F)(F)F)C(F)(F)F)CC2)c1ccccn1. The number of alkyl halides is 6. The van der Waals surface area contributed by atoms with Crippen LogP contribution in [0, 0.1) is 11.3 Å². The monoisotopic (exact) mass is 439 g/mol. The molecule has 12 heteroatoms. The molecule has 0 radical (unpaired) electrons. The first-order valence-electron chi connectivity index (χ1n) is 9.13. The number of anilines is 1. The van der Waals surface area contributed by atoms with Crippen molar-refractivity contribution in [2.24, 2.45) is 11.3 Å². The van der Waals surface area contributed by atoms with Gasteiger partial charge in [-0.2, -0.15) is 26.3 Å². The molecule has 2 aliphatic rings. The molecule has 0 N–H and O–H groups in total. The first-order valence-corrected chi connectivity index (χ1v) is 9.13. The summed E-state index contributed by atoms with van der Waals surface area (Å²) in [6.07, 6.45) is -14.7. The number of aromatic nitrogens is 1. The van der Waals surface area contributed by atoms with Crippen LogP contribution in [0.1, 0.15) is 19.3 Å². The van der Waals surface area contributed by atoms with Crippen LogP contribution in [0.5, 0.6) is 0 Å². The number of nitrogens with zero attached hydrogens (tertiary/aromatic N) is 3. The lowest BCUT2D eigenvalue weighted by Gasteiger charge is -2.34. The summed E-state index contributed by atoms with van der Waals surface area (Å²) in [6, 6.07) is 5.11. The number of carbonyl (C=O) groups excluding carboxylic acids is 2. The van der Waals surface area contributed by atoms with Gasteiger partial charge in [0, 0.05) is 32.3 Å². The average Bonchev–Trinajstić information content (AvgIpc) is 3.37. The molecule has 1 atom stereocenters. The topological polar surface area (TPSA) is 62.7 Å². The van der Waals surface area contributed by atoms with Gasteiger partial charge in [0.15, 0.2) is 0 Å². The van der Waals surface area contributed by atoms with Gasteiger partial charge in [0.25, 0.3) is 6.10 Å². The van der Waals surface area contributed by atoms with Gasteiger partial charge in [0.05, 0.1) is 0 Å². The van der Waals surface area contributed by atoms with Gasteiger partial charge in [-0.15, -0.1) is 0 Å². The summed E-state index contributed by atoms with van der Waals surface area (Å²) in [5, 5.41) is 0. The summed E-state index contributed by atoms with van der Waals surface area (Å²) >= 11 is 0. The van der Waals surface area contributed by atoms with Crippen molar-refractivity contribution in [2.75, 3.05) is 25.0 Å². The molecule has 1 aliphatic carbocycles. The van der Waals surface area contributed by atoms with E-state index in [1.807, 2.05) is 0 Å². The van der Waals surface area contributed by atoms with Gasteiger partial charge in [-0.25, -0.2) is 9.78 Å². The molecular formula is C18H19F6N3O3. The van der Waals surface area contributed by atoms with Crippen LogP contribution in [0.2, 0.25) is 0 Å². The zero-order chi connectivity index (χ0) is 22.3. The Labute approximate surface area is 167 Å². The van der Waals surface area contributed by atoms with Gasteiger partial charge in [0.2, 0.25) is 5.91 Å². The van der Waals surface area contributed by atoms with Gasteiger partial charge in [-0.05, 0) is 36.8 Å². The Kier molecular flexibility index (Phi) is 5.63. The Bertz CT molecular complexity index is 777. The largest absolute Gasteiger partial charge is 0.434 e. The fourth-order valence-electron chi connectivity index (χ4n) is 3.78. The summed E-state index contributed by atoms with van der Waals surface area (Å²) in [7, 11) is 1.58. The summed E-state index contributed by atoms with van der Waals surface area (Å²) in [6.45, 7) is -0.170. The Morgan fingerprint density at radius 1 is 1.17 bits per heavy atom. The minimum absolute atomic E-state index is 0.0850. The van der Waals surface area contributed by atoms with E-state index < -0.39 is 30.0 Å². The van der Waals surface area contributed by atoms with Crippen molar-refractivity contribution in [3.05, 3.63) is 24.4 Å². The van der Waals surface area contributed by atoms with Gasteiger partial charge >= 0.3 is 18.4 Å². The highest BCUT2D eigenvalue weighted by Crippen LogP contribution is 2.60. The average molecular weight is 439 g/mol. The number of carbonyl (C=O) groups is 2. The number of hydrogen-bond acceptors (Lipinski definition) is 4. The Morgan fingerprint density at radius 2 is 1.77 bits per heavy atom. The second-order valence-corrected chi connectivity index (χ2v) is 7.54. The molecule has 3 rings (SSSR count). The second kappa shape index (κ2) is 7.62. The molecule has 6 nitrogen and oxygen atoms in total.